The first kappa shape index (κ1) is 19.8. The lowest BCUT2D eigenvalue weighted by Gasteiger charge is -2.27. The second kappa shape index (κ2) is 6.80. The van der Waals surface area contributed by atoms with E-state index in [1.807, 2.05) is 25.1 Å². The summed E-state index contributed by atoms with van der Waals surface area (Å²) in [6, 6.07) is 22.6. The predicted molar refractivity (Wildman–Crippen MR) is 119 cm³/mol. The van der Waals surface area contributed by atoms with Gasteiger partial charge in [-0.1, -0.05) is 72.8 Å². The topological polar surface area (TPSA) is 80.8 Å². The normalized spacial score (nSPS) is 25.1. The second-order valence-electron chi connectivity index (χ2n) is 8.69. The predicted octanol–water partition coefficient (Wildman–Crippen LogP) is 3.69. The summed E-state index contributed by atoms with van der Waals surface area (Å²) in [4.78, 5) is 56.1. The Balaban J connectivity index is 1.57. The molecule has 2 amide bonds. The summed E-state index contributed by atoms with van der Waals surface area (Å²) in [5.74, 6) is -4.36. The first-order valence-corrected chi connectivity index (χ1v) is 10.8. The number of nitrogens with zero attached hydrogens (tertiary/aromatic N) is 1. The lowest BCUT2D eigenvalue weighted by molar-refractivity contribution is -0.127. The third-order valence-corrected chi connectivity index (χ3v) is 7.00. The minimum absolute atomic E-state index is 0.226. The zero-order chi connectivity index (χ0) is 22.9. The summed E-state index contributed by atoms with van der Waals surface area (Å²) in [5.41, 5.74) is 0.263. The van der Waals surface area contributed by atoms with Crippen molar-refractivity contribution in [1.82, 2.24) is 0 Å². The van der Waals surface area contributed by atoms with Gasteiger partial charge in [0.05, 0.1) is 23.6 Å². The van der Waals surface area contributed by atoms with Gasteiger partial charge in [0.15, 0.2) is 0 Å². The quantitative estimate of drug-likeness (QED) is 0.451. The molecule has 1 spiro atoms. The Bertz CT molecular complexity index is 1330. The van der Waals surface area contributed by atoms with E-state index >= 15 is 0 Å². The van der Waals surface area contributed by atoms with Crippen LogP contribution in [0.4, 0.5) is 5.69 Å². The lowest BCUT2D eigenvalue weighted by Crippen LogP contribution is -2.51. The van der Waals surface area contributed by atoms with E-state index in [9.17, 15) is 19.2 Å². The van der Waals surface area contributed by atoms with Gasteiger partial charge in [-0.3, -0.25) is 19.2 Å². The molecule has 162 valence electrons. The number of ketones is 2. The van der Waals surface area contributed by atoms with Crippen LogP contribution in [0.5, 0.6) is 0 Å². The smallest absolute Gasteiger partial charge is 0.241 e. The van der Waals surface area contributed by atoms with Crippen molar-refractivity contribution < 1.29 is 23.9 Å². The molecule has 3 aliphatic rings. The van der Waals surface area contributed by atoms with Crippen molar-refractivity contribution in [1.29, 1.82) is 0 Å². The van der Waals surface area contributed by atoms with Gasteiger partial charge < -0.3 is 4.74 Å². The number of hydrogen-bond donors (Lipinski definition) is 0. The monoisotopic (exact) mass is 437 g/mol. The number of benzene rings is 3. The number of imide groups is 1. The van der Waals surface area contributed by atoms with Gasteiger partial charge in [-0.2, -0.15) is 0 Å². The number of rotatable bonds is 2. The molecule has 0 radical (unpaired) electrons. The molecular formula is C27H19NO5. The number of para-hydroxylation sites is 1. The largest absolute Gasteiger partial charge is 0.349 e. The Morgan fingerprint density at radius 3 is 1.94 bits per heavy atom. The van der Waals surface area contributed by atoms with Gasteiger partial charge in [0.1, 0.15) is 0 Å². The fourth-order valence-corrected chi connectivity index (χ4v) is 5.51. The Labute approximate surface area is 189 Å². The van der Waals surface area contributed by atoms with Crippen LogP contribution in [0.15, 0.2) is 78.9 Å². The summed E-state index contributed by atoms with van der Waals surface area (Å²) in [5, 5.41) is 0. The molecule has 0 aromatic heterocycles. The Hall–Kier alpha value is -3.90. The molecule has 3 unspecified atom stereocenters. The van der Waals surface area contributed by atoms with Gasteiger partial charge in [-0.05, 0) is 24.1 Å². The van der Waals surface area contributed by atoms with Crippen LogP contribution in [0.1, 0.15) is 37.9 Å². The van der Waals surface area contributed by atoms with Gasteiger partial charge in [0.2, 0.25) is 29.0 Å². The molecule has 6 rings (SSSR count). The molecule has 0 saturated carbocycles. The fourth-order valence-electron chi connectivity index (χ4n) is 5.51. The van der Waals surface area contributed by atoms with Gasteiger partial charge >= 0.3 is 0 Å². The number of hydrogen-bond acceptors (Lipinski definition) is 5. The third kappa shape index (κ3) is 2.41. The van der Waals surface area contributed by atoms with E-state index in [4.69, 9.17) is 4.74 Å². The van der Waals surface area contributed by atoms with E-state index in [2.05, 4.69) is 0 Å². The highest BCUT2D eigenvalue weighted by atomic mass is 16.5. The number of carbonyl (C=O) groups excluding carboxylic acids is 4. The second-order valence-corrected chi connectivity index (χ2v) is 8.69. The van der Waals surface area contributed by atoms with E-state index in [0.29, 0.717) is 11.3 Å². The highest BCUT2D eigenvalue weighted by Crippen LogP contribution is 2.57. The SMILES string of the molecule is Cc1ccccc1N1C(=O)C2C(c3ccccc3)OC3(C(=O)c4ccccc4C3=O)C2C1=O. The fraction of sp³-hybridized carbons (Fsp3) is 0.185. The molecule has 0 bridgehead atoms. The molecule has 0 N–H and O–H groups in total. The number of anilines is 1. The first-order valence-electron chi connectivity index (χ1n) is 10.8. The number of ether oxygens (including phenoxy) is 1. The molecule has 33 heavy (non-hydrogen) atoms. The van der Waals surface area contributed by atoms with Crippen molar-refractivity contribution >= 4 is 29.1 Å². The van der Waals surface area contributed by atoms with Crippen molar-refractivity contribution in [3.8, 4) is 0 Å². The van der Waals surface area contributed by atoms with Gasteiger partial charge in [0.25, 0.3) is 0 Å². The summed E-state index contributed by atoms with van der Waals surface area (Å²) in [7, 11) is 0. The van der Waals surface area contributed by atoms with Crippen LogP contribution in [0.25, 0.3) is 0 Å². The van der Waals surface area contributed by atoms with Gasteiger partial charge in [-0.25, -0.2) is 4.90 Å². The van der Waals surface area contributed by atoms with E-state index in [1.165, 1.54) is 0 Å². The van der Waals surface area contributed by atoms with Crippen molar-refractivity contribution in [2.45, 2.75) is 18.6 Å². The van der Waals surface area contributed by atoms with E-state index in [0.717, 1.165) is 10.5 Å². The van der Waals surface area contributed by atoms with Crippen LogP contribution in [0.2, 0.25) is 0 Å². The van der Waals surface area contributed by atoms with Gasteiger partial charge in [0, 0.05) is 11.1 Å². The minimum Gasteiger partial charge on any atom is -0.349 e. The van der Waals surface area contributed by atoms with Crippen LogP contribution < -0.4 is 4.90 Å². The molecule has 6 heteroatoms. The summed E-state index contributed by atoms with van der Waals surface area (Å²) in [6.45, 7) is 1.81. The Morgan fingerprint density at radius 1 is 0.727 bits per heavy atom. The number of Topliss-reactive ketones (excluding diaryl/α,β-unsaturated/α-hetero) is 2. The number of carbonyl (C=O) groups is 4. The molecular weight excluding hydrogens is 418 g/mol. The number of fused-ring (bicyclic) bond motifs is 3. The molecule has 6 nitrogen and oxygen atoms in total. The molecule has 2 aliphatic heterocycles. The standard InChI is InChI=1S/C27H19NO5/c1-15-9-5-8-14-19(15)28-25(31)20-21(26(28)32)27(33-22(20)16-10-3-2-4-11-16)23(29)17-12-6-7-13-18(17)24(27)30/h2-14,20-22H,1H3. The molecule has 2 heterocycles. The molecule has 2 saturated heterocycles. The minimum atomic E-state index is -2.04. The lowest BCUT2D eigenvalue weighted by atomic mass is 9.77. The van der Waals surface area contributed by atoms with E-state index < -0.39 is 46.9 Å². The van der Waals surface area contributed by atoms with E-state index in [1.54, 1.807) is 60.7 Å². The summed E-state index contributed by atoms with van der Waals surface area (Å²) < 4.78 is 6.26. The average molecular weight is 437 g/mol. The molecule has 1 aliphatic carbocycles. The van der Waals surface area contributed by atoms with E-state index in [-0.39, 0.29) is 11.1 Å². The maximum absolute atomic E-state index is 13.9. The zero-order valence-corrected chi connectivity index (χ0v) is 17.7. The Kier molecular flexibility index (Phi) is 4.07. The zero-order valence-electron chi connectivity index (χ0n) is 17.7. The molecule has 3 aromatic carbocycles. The van der Waals surface area contributed by atoms with Crippen molar-refractivity contribution in [2.75, 3.05) is 4.90 Å². The third-order valence-electron chi connectivity index (χ3n) is 7.00. The maximum Gasteiger partial charge on any atom is 0.241 e. The summed E-state index contributed by atoms with van der Waals surface area (Å²) >= 11 is 0. The van der Waals surface area contributed by atoms with Crippen LogP contribution in [0.3, 0.4) is 0 Å². The van der Waals surface area contributed by atoms with Crippen molar-refractivity contribution in [3.63, 3.8) is 0 Å². The van der Waals surface area contributed by atoms with Crippen molar-refractivity contribution in [3.05, 3.63) is 101 Å². The molecule has 3 aromatic rings. The van der Waals surface area contributed by atoms with Crippen molar-refractivity contribution in [2.24, 2.45) is 11.8 Å². The average Bonchev–Trinajstić information content (AvgIpc) is 3.40. The maximum atomic E-state index is 13.9. The van der Waals surface area contributed by atoms with Crippen LogP contribution in [-0.4, -0.2) is 29.0 Å². The van der Waals surface area contributed by atoms with Gasteiger partial charge in [-0.15, -0.1) is 0 Å². The number of amides is 2. The summed E-state index contributed by atoms with van der Waals surface area (Å²) in [6.07, 6.45) is -0.899. The number of aryl methyl sites for hydroxylation is 1. The van der Waals surface area contributed by atoms with Crippen LogP contribution in [0, 0.1) is 18.8 Å². The highest BCUT2D eigenvalue weighted by Gasteiger charge is 2.74. The first-order chi connectivity index (χ1) is 16.0. The Morgan fingerprint density at radius 2 is 1.30 bits per heavy atom. The van der Waals surface area contributed by atoms with Crippen LogP contribution >= 0.6 is 0 Å². The highest BCUT2D eigenvalue weighted by molar-refractivity contribution is 6.37. The van der Waals surface area contributed by atoms with Crippen LogP contribution in [-0.2, 0) is 14.3 Å². The molecule has 2 fully saturated rings. The molecule has 3 atom stereocenters.